The minimum absolute atomic E-state index is 0.0210. The van der Waals surface area contributed by atoms with Gasteiger partial charge >= 0.3 is 5.97 Å². The van der Waals surface area contributed by atoms with E-state index in [0.717, 1.165) is 0 Å². The van der Waals surface area contributed by atoms with Crippen molar-refractivity contribution in [2.45, 2.75) is 13.3 Å². The number of nitrogens with zero attached hydrogens (tertiary/aromatic N) is 2. The molecule has 1 aromatic heterocycles. The monoisotopic (exact) mass is 290 g/mol. The molecule has 1 unspecified atom stereocenters. The lowest BCUT2D eigenvalue weighted by atomic mass is 10.2. The molecule has 8 heteroatoms. The first-order chi connectivity index (χ1) is 8.38. The Morgan fingerprint density at radius 2 is 2.39 bits per heavy atom. The molecule has 1 fully saturated rings. The Balaban J connectivity index is 1.97. The van der Waals surface area contributed by atoms with Crippen molar-refractivity contribution in [1.82, 2.24) is 9.29 Å². The molecule has 0 radical (unpaired) electrons. The average molecular weight is 290 g/mol. The van der Waals surface area contributed by atoms with E-state index < -0.39 is 16.0 Å². The molecule has 0 amide bonds. The van der Waals surface area contributed by atoms with Crippen molar-refractivity contribution in [3.63, 3.8) is 0 Å². The lowest BCUT2D eigenvalue weighted by Gasteiger charge is -2.12. The first-order valence-electron chi connectivity index (χ1n) is 5.54. The highest BCUT2D eigenvalue weighted by atomic mass is 32.2. The van der Waals surface area contributed by atoms with Gasteiger partial charge < -0.3 is 5.11 Å². The van der Waals surface area contributed by atoms with Gasteiger partial charge in [0.25, 0.3) is 0 Å². The van der Waals surface area contributed by atoms with Crippen molar-refractivity contribution in [2.75, 3.05) is 18.8 Å². The number of carboxylic acid groups (broad SMARTS) is 1. The van der Waals surface area contributed by atoms with Gasteiger partial charge in [-0.3, -0.25) is 0 Å². The third kappa shape index (κ3) is 2.88. The average Bonchev–Trinajstić information content (AvgIpc) is 2.80. The molecule has 0 aromatic carbocycles. The van der Waals surface area contributed by atoms with Crippen LogP contribution in [0, 0.1) is 5.92 Å². The normalized spacial score (nSPS) is 23.3. The van der Waals surface area contributed by atoms with Crippen molar-refractivity contribution < 1.29 is 18.3 Å². The maximum atomic E-state index is 11.7. The van der Waals surface area contributed by atoms with Gasteiger partial charge in [0.15, 0.2) is 5.69 Å². The largest absolute Gasteiger partial charge is 0.476 e. The number of aromatic carboxylic acids is 1. The van der Waals surface area contributed by atoms with E-state index in [1.54, 1.807) is 0 Å². The Hall–Kier alpha value is -0.990. The van der Waals surface area contributed by atoms with Crippen LogP contribution in [0.15, 0.2) is 5.38 Å². The van der Waals surface area contributed by atoms with Crippen molar-refractivity contribution in [2.24, 2.45) is 5.92 Å². The number of carboxylic acids is 1. The maximum absolute atomic E-state index is 11.7. The molecular formula is C10H14N2O4S2. The molecule has 18 heavy (non-hydrogen) atoms. The van der Waals surface area contributed by atoms with Gasteiger partial charge in [0.05, 0.1) is 10.8 Å². The summed E-state index contributed by atoms with van der Waals surface area (Å²) in [5.74, 6) is -0.702. The second-order valence-electron chi connectivity index (χ2n) is 4.42. The van der Waals surface area contributed by atoms with E-state index in [4.69, 9.17) is 5.11 Å². The Kier molecular flexibility index (Phi) is 3.69. The fourth-order valence-corrected chi connectivity index (χ4v) is 4.60. The fraction of sp³-hybridized carbons (Fsp3) is 0.600. The zero-order valence-electron chi connectivity index (χ0n) is 9.87. The van der Waals surface area contributed by atoms with Crippen molar-refractivity contribution in [1.29, 1.82) is 0 Å². The third-order valence-electron chi connectivity index (χ3n) is 2.75. The predicted molar refractivity (Wildman–Crippen MR) is 67.3 cm³/mol. The summed E-state index contributed by atoms with van der Waals surface area (Å²) in [4.78, 5) is 14.6. The van der Waals surface area contributed by atoms with Gasteiger partial charge in [-0.25, -0.2) is 22.5 Å². The summed E-state index contributed by atoms with van der Waals surface area (Å²) in [7, 11) is -3.12. The van der Waals surface area contributed by atoms with Crippen LogP contribution in [0.3, 0.4) is 0 Å². The van der Waals surface area contributed by atoms with Crippen LogP contribution in [0.1, 0.15) is 22.4 Å². The minimum Gasteiger partial charge on any atom is -0.476 e. The van der Waals surface area contributed by atoms with Gasteiger partial charge in [-0.1, -0.05) is 6.92 Å². The van der Waals surface area contributed by atoms with E-state index in [-0.39, 0.29) is 17.4 Å². The number of hydrogen-bond donors (Lipinski definition) is 1. The van der Waals surface area contributed by atoms with Crippen molar-refractivity contribution in [3.8, 4) is 0 Å². The maximum Gasteiger partial charge on any atom is 0.355 e. The van der Waals surface area contributed by atoms with E-state index in [9.17, 15) is 13.2 Å². The fourth-order valence-electron chi connectivity index (χ4n) is 1.95. The lowest BCUT2D eigenvalue weighted by molar-refractivity contribution is 0.0691. The van der Waals surface area contributed by atoms with Crippen molar-refractivity contribution in [3.05, 3.63) is 16.1 Å². The molecule has 2 rings (SSSR count). The number of carbonyl (C=O) groups is 1. The molecule has 2 heterocycles. The minimum atomic E-state index is -3.12. The number of aromatic nitrogens is 1. The van der Waals surface area contributed by atoms with E-state index in [0.29, 0.717) is 24.5 Å². The second-order valence-corrected chi connectivity index (χ2v) is 7.38. The van der Waals surface area contributed by atoms with Crippen LogP contribution >= 0.6 is 11.3 Å². The molecule has 0 bridgehead atoms. The summed E-state index contributed by atoms with van der Waals surface area (Å²) >= 11 is 1.25. The molecule has 1 aromatic rings. The van der Waals surface area contributed by atoms with Crippen LogP contribution in [0.25, 0.3) is 0 Å². The van der Waals surface area contributed by atoms with Gasteiger partial charge in [0.1, 0.15) is 0 Å². The molecule has 1 aliphatic heterocycles. The molecule has 100 valence electrons. The van der Waals surface area contributed by atoms with Gasteiger partial charge in [-0.05, 0) is 5.92 Å². The summed E-state index contributed by atoms with van der Waals surface area (Å²) < 4.78 is 24.9. The summed E-state index contributed by atoms with van der Waals surface area (Å²) in [6.45, 7) is 2.82. The van der Waals surface area contributed by atoms with Crippen LogP contribution in [-0.4, -0.2) is 47.6 Å². The predicted octanol–water partition coefficient (Wildman–Crippen LogP) is 0.665. The number of thiazole rings is 1. The summed E-state index contributed by atoms with van der Waals surface area (Å²) in [5.41, 5.74) is 0.0210. The van der Waals surface area contributed by atoms with E-state index in [2.05, 4.69) is 4.98 Å². The standard InChI is InChI=1S/C10H14N2O4S2/c1-7-4-12(18(15,16)6-7)3-2-9-11-8(5-17-9)10(13)14/h5,7H,2-4,6H2,1H3,(H,13,14). The Bertz CT molecular complexity index is 552. The molecule has 6 nitrogen and oxygen atoms in total. The highest BCUT2D eigenvalue weighted by molar-refractivity contribution is 7.89. The molecule has 1 aliphatic rings. The Morgan fingerprint density at radius 3 is 2.89 bits per heavy atom. The van der Waals surface area contributed by atoms with E-state index in [1.807, 2.05) is 6.92 Å². The Labute approximate surface area is 109 Å². The molecule has 0 spiro atoms. The van der Waals surface area contributed by atoms with E-state index in [1.165, 1.54) is 21.0 Å². The molecule has 1 N–H and O–H groups in total. The summed E-state index contributed by atoms with van der Waals surface area (Å²) in [5, 5.41) is 10.9. The van der Waals surface area contributed by atoms with Gasteiger partial charge in [0, 0.05) is 24.9 Å². The highest BCUT2D eigenvalue weighted by Crippen LogP contribution is 2.20. The van der Waals surface area contributed by atoms with Crippen LogP contribution < -0.4 is 0 Å². The van der Waals surface area contributed by atoms with E-state index >= 15 is 0 Å². The smallest absolute Gasteiger partial charge is 0.355 e. The second kappa shape index (κ2) is 4.94. The zero-order valence-corrected chi connectivity index (χ0v) is 11.5. The molecule has 0 saturated carbocycles. The molecular weight excluding hydrogens is 276 g/mol. The quantitative estimate of drug-likeness (QED) is 0.880. The highest BCUT2D eigenvalue weighted by Gasteiger charge is 2.33. The first-order valence-corrected chi connectivity index (χ1v) is 8.03. The topological polar surface area (TPSA) is 87.6 Å². The Morgan fingerprint density at radius 1 is 1.67 bits per heavy atom. The van der Waals surface area contributed by atoms with Crippen LogP contribution in [-0.2, 0) is 16.4 Å². The first kappa shape index (κ1) is 13.4. The van der Waals surface area contributed by atoms with Crippen LogP contribution in [0.4, 0.5) is 0 Å². The van der Waals surface area contributed by atoms with Gasteiger partial charge in [0.2, 0.25) is 10.0 Å². The van der Waals surface area contributed by atoms with Gasteiger partial charge in [-0.15, -0.1) is 11.3 Å². The lowest BCUT2D eigenvalue weighted by Crippen LogP contribution is -2.28. The SMILES string of the molecule is CC1CN(CCc2nc(C(=O)O)cs2)S(=O)(=O)C1. The van der Waals surface area contributed by atoms with Crippen LogP contribution in [0.5, 0.6) is 0 Å². The molecule has 1 atom stereocenters. The van der Waals surface area contributed by atoms with Crippen molar-refractivity contribution >= 4 is 27.3 Å². The number of hydrogen-bond acceptors (Lipinski definition) is 5. The zero-order chi connectivity index (χ0) is 13.3. The third-order valence-corrected chi connectivity index (χ3v) is 5.77. The number of rotatable bonds is 4. The number of sulfonamides is 1. The molecule has 1 saturated heterocycles. The van der Waals surface area contributed by atoms with Gasteiger partial charge in [-0.2, -0.15) is 0 Å². The summed E-state index contributed by atoms with van der Waals surface area (Å²) in [6.07, 6.45) is 0.462. The summed E-state index contributed by atoms with van der Waals surface area (Å²) in [6, 6.07) is 0. The molecule has 0 aliphatic carbocycles. The van der Waals surface area contributed by atoms with Crippen LogP contribution in [0.2, 0.25) is 0 Å².